The molecule has 1 aromatic heterocycles. The lowest BCUT2D eigenvalue weighted by atomic mass is 10.2. The van der Waals surface area contributed by atoms with Crippen molar-refractivity contribution >= 4 is 55.6 Å². The van der Waals surface area contributed by atoms with Crippen LogP contribution in [0.1, 0.15) is 10.4 Å². The van der Waals surface area contributed by atoms with Crippen molar-refractivity contribution in [2.75, 3.05) is 5.32 Å². The summed E-state index contributed by atoms with van der Waals surface area (Å²) >= 11 is 6.96. The molecule has 126 valence electrons. The SMILES string of the molecule is O=C(Nc1nc2ccc([N+](=O)[O-])cc2s1)c1cc([N+](=O)[O-])ccc1Cl. The molecule has 0 saturated heterocycles. The number of rotatable bonds is 4. The van der Waals surface area contributed by atoms with Gasteiger partial charge in [-0.3, -0.25) is 30.3 Å². The van der Waals surface area contributed by atoms with E-state index in [1.807, 2.05) is 0 Å². The summed E-state index contributed by atoms with van der Waals surface area (Å²) < 4.78 is 0.523. The second-order valence-corrected chi connectivity index (χ2v) is 6.24. The summed E-state index contributed by atoms with van der Waals surface area (Å²) in [5, 5.41) is 24.4. The molecule has 0 atom stereocenters. The lowest BCUT2D eigenvalue weighted by Crippen LogP contribution is -2.12. The minimum absolute atomic E-state index is 0.0554. The monoisotopic (exact) mass is 378 g/mol. The number of aromatic nitrogens is 1. The van der Waals surface area contributed by atoms with Crippen LogP contribution in [0.4, 0.5) is 16.5 Å². The number of hydrogen-bond donors (Lipinski definition) is 1. The number of amides is 1. The van der Waals surface area contributed by atoms with Gasteiger partial charge in [0.05, 0.1) is 30.6 Å². The maximum absolute atomic E-state index is 12.3. The van der Waals surface area contributed by atoms with Gasteiger partial charge in [-0.15, -0.1) is 0 Å². The van der Waals surface area contributed by atoms with E-state index in [1.165, 1.54) is 30.3 Å². The van der Waals surface area contributed by atoms with Crippen LogP contribution in [0.2, 0.25) is 5.02 Å². The summed E-state index contributed by atoms with van der Waals surface area (Å²) in [7, 11) is 0. The lowest BCUT2D eigenvalue weighted by Gasteiger charge is -2.03. The van der Waals surface area contributed by atoms with E-state index < -0.39 is 15.8 Å². The molecule has 2 aromatic carbocycles. The predicted molar refractivity (Wildman–Crippen MR) is 92.3 cm³/mol. The van der Waals surface area contributed by atoms with Gasteiger partial charge < -0.3 is 0 Å². The van der Waals surface area contributed by atoms with E-state index in [-0.39, 0.29) is 27.1 Å². The highest BCUT2D eigenvalue weighted by atomic mass is 35.5. The fraction of sp³-hybridized carbons (Fsp3) is 0. The number of nitrogens with one attached hydrogen (secondary N) is 1. The smallest absolute Gasteiger partial charge is 0.270 e. The van der Waals surface area contributed by atoms with E-state index in [0.29, 0.717) is 10.2 Å². The molecular weight excluding hydrogens is 372 g/mol. The van der Waals surface area contributed by atoms with E-state index in [9.17, 15) is 25.0 Å². The first-order valence-electron chi connectivity index (χ1n) is 6.65. The Morgan fingerprint density at radius 3 is 2.40 bits per heavy atom. The third kappa shape index (κ3) is 3.39. The Labute approximate surface area is 148 Å². The van der Waals surface area contributed by atoms with Gasteiger partial charge in [0.1, 0.15) is 0 Å². The molecule has 0 fully saturated rings. The van der Waals surface area contributed by atoms with E-state index >= 15 is 0 Å². The van der Waals surface area contributed by atoms with Crippen LogP contribution in [0.15, 0.2) is 36.4 Å². The zero-order chi connectivity index (χ0) is 18.1. The van der Waals surface area contributed by atoms with E-state index in [4.69, 9.17) is 11.6 Å². The number of thiazole rings is 1. The molecule has 9 nitrogen and oxygen atoms in total. The molecule has 3 rings (SSSR count). The minimum atomic E-state index is -0.665. The number of carbonyl (C=O) groups excluding carboxylic acids is 1. The molecule has 0 aliphatic carbocycles. The summed E-state index contributed by atoms with van der Waals surface area (Å²) in [6.45, 7) is 0. The average Bonchev–Trinajstić information content (AvgIpc) is 2.95. The summed E-state index contributed by atoms with van der Waals surface area (Å²) in [5.74, 6) is -0.665. The Kier molecular flexibility index (Phi) is 4.30. The van der Waals surface area contributed by atoms with Gasteiger partial charge in [0.15, 0.2) is 5.13 Å². The first kappa shape index (κ1) is 16.7. The maximum Gasteiger partial charge on any atom is 0.270 e. The van der Waals surface area contributed by atoms with E-state index in [1.54, 1.807) is 0 Å². The Bertz CT molecular complexity index is 1040. The van der Waals surface area contributed by atoms with Crippen LogP contribution in [0.25, 0.3) is 10.2 Å². The molecule has 0 aliphatic rings. The minimum Gasteiger partial charge on any atom is -0.298 e. The molecule has 11 heteroatoms. The van der Waals surface area contributed by atoms with Crippen LogP contribution >= 0.6 is 22.9 Å². The third-order valence-corrected chi connectivity index (χ3v) is 4.47. The second kappa shape index (κ2) is 6.42. The van der Waals surface area contributed by atoms with Crippen LogP contribution in [0.3, 0.4) is 0 Å². The number of anilines is 1. The second-order valence-electron chi connectivity index (χ2n) is 4.80. The third-order valence-electron chi connectivity index (χ3n) is 3.21. The first-order valence-corrected chi connectivity index (χ1v) is 7.85. The van der Waals surface area contributed by atoms with Gasteiger partial charge in [-0.05, 0) is 12.1 Å². The van der Waals surface area contributed by atoms with Crippen LogP contribution in [0, 0.1) is 20.2 Å². The molecular formula is C14H7ClN4O5S. The number of hydrogen-bond acceptors (Lipinski definition) is 7. The number of nitrogens with zero attached hydrogens (tertiary/aromatic N) is 3. The molecule has 0 unspecified atom stereocenters. The van der Waals surface area contributed by atoms with Gasteiger partial charge in [-0.2, -0.15) is 0 Å². The maximum atomic E-state index is 12.3. The highest BCUT2D eigenvalue weighted by Crippen LogP contribution is 2.30. The largest absolute Gasteiger partial charge is 0.298 e. The predicted octanol–water partition coefficient (Wildman–Crippen LogP) is 4.02. The van der Waals surface area contributed by atoms with Crippen molar-refractivity contribution in [1.29, 1.82) is 0 Å². The van der Waals surface area contributed by atoms with Gasteiger partial charge in [-0.25, -0.2) is 4.98 Å². The zero-order valence-corrected chi connectivity index (χ0v) is 13.7. The quantitative estimate of drug-likeness (QED) is 0.539. The van der Waals surface area contributed by atoms with Crippen molar-refractivity contribution in [1.82, 2.24) is 4.98 Å². The van der Waals surface area contributed by atoms with Crippen molar-refractivity contribution < 1.29 is 14.6 Å². The van der Waals surface area contributed by atoms with Crippen LogP contribution < -0.4 is 5.32 Å². The van der Waals surface area contributed by atoms with E-state index in [2.05, 4.69) is 10.3 Å². The lowest BCUT2D eigenvalue weighted by molar-refractivity contribution is -0.385. The molecule has 1 N–H and O–H groups in total. The normalized spacial score (nSPS) is 10.6. The number of non-ortho nitro benzene ring substituents is 2. The van der Waals surface area contributed by atoms with Crippen molar-refractivity contribution in [3.63, 3.8) is 0 Å². The zero-order valence-electron chi connectivity index (χ0n) is 12.1. The number of benzene rings is 2. The van der Waals surface area contributed by atoms with Crippen molar-refractivity contribution in [2.45, 2.75) is 0 Å². The highest BCUT2D eigenvalue weighted by molar-refractivity contribution is 7.22. The van der Waals surface area contributed by atoms with Gasteiger partial charge in [0.25, 0.3) is 17.3 Å². The molecule has 0 aliphatic heterocycles. The number of nitro groups is 2. The topological polar surface area (TPSA) is 128 Å². The van der Waals surface area contributed by atoms with Crippen molar-refractivity contribution in [3.8, 4) is 0 Å². The standard InChI is InChI=1S/C14H7ClN4O5S/c15-10-3-1-7(18(21)22)5-9(10)13(20)17-14-16-11-4-2-8(19(23)24)6-12(11)25-14/h1-6H,(H,16,17,20). The first-order chi connectivity index (χ1) is 11.8. The molecule has 0 bridgehead atoms. The molecule has 0 saturated carbocycles. The van der Waals surface area contributed by atoms with Crippen LogP contribution in [0.5, 0.6) is 0 Å². The number of halogens is 1. The molecule has 0 radical (unpaired) electrons. The molecule has 1 amide bonds. The number of carbonyl (C=O) groups is 1. The summed E-state index contributed by atoms with van der Waals surface area (Å²) in [6.07, 6.45) is 0. The summed E-state index contributed by atoms with van der Waals surface area (Å²) in [5.41, 5.74) is 0.0578. The van der Waals surface area contributed by atoms with E-state index in [0.717, 1.165) is 17.4 Å². The van der Waals surface area contributed by atoms with Crippen molar-refractivity contribution in [2.24, 2.45) is 0 Å². The number of nitro benzene ring substituents is 2. The van der Waals surface area contributed by atoms with Gasteiger partial charge in [0, 0.05) is 24.3 Å². The number of fused-ring (bicyclic) bond motifs is 1. The Morgan fingerprint density at radius 2 is 1.72 bits per heavy atom. The Balaban J connectivity index is 1.90. The van der Waals surface area contributed by atoms with Gasteiger partial charge in [0.2, 0.25) is 0 Å². The Morgan fingerprint density at radius 1 is 1.08 bits per heavy atom. The summed E-state index contributed by atoms with van der Waals surface area (Å²) in [4.78, 5) is 36.9. The van der Waals surface area contributed by atoms with Crippen LogP contribution in [-0.4, -0.2) is 20.7 Å². The molecule has 0 spiro atoms. The summed E-state index contributed by atoms with van der Waals surface area (Å²) in [6, 6.07) is 7.65. The molecule has 3 aromatic rings. The molecule has 25 heavy (non-hydrogen) atoms. The average molecular weight is 379 g/mol. The van der Waals surface area contributed by atoms with Crippen molar-refractivity contribution in [3.05, 3.63) is 67.2 Å². The van der Waals surface area contributed by atoms with Gasteiger partial charge >= 0.3 is 0 Å². The van der Waals surface area contributed by atoms with Gasteiger partial charge in [-0.1, -0.05) is 22.9 Å². The van der Waals surface area contributed by atoms with Crippen LogP contribution in [-0.2, 0) is 0 Å². The fourth-order valence-electron chi connectivity index (χ4n) is 2.05. The Hall–Kier alpha value is -3.11. The fourth-order valence-corrected chi connectivity index (χ4v) is 3.14. The molecule has 1 heterocycles. The highest BCUT2D eigenvalue weighted by Gasteiger charge is 2.18.